The molecule has 0 fully saturated rings. The molecule has 0 aliphatic rings. The molecule has 1 amide bonds. The molecule has 18 heavy (non-hydrogen) atoms. The fourth-order valence-electron chi connectivity index (χ4n) is 1.11. The average Bonchev–Trinajstić information content (AvgIpc) is 2.74. The van der Waals surface area contributed by atoms with E-state index in [1.165, 1.54) is 12.1 Å². The lowest BCUT2D eigenvalue weighted by Crippen LogP contribution is -2.43. The van der Waals surface area contributed by atoms with E-state index in [0.29, 0.717) is 9.21 Å². The molecule has 1 atom stereocenters. The Morgan fingerprint density at radius 1 is 1.61 bits per heavy atom. The Balaban J connectivity index is 2.57. The highest BCUT2D eigenvalue weighted by Crippen LogP contribution is 2.21. The Morgan fingerprint density at radius 2 is 2.33 bits per heavy atom. The van der Waals surface area contributed by atoms with E-state index < -0.39 is 17.9 Å². The van der Waals surface area contributed by atoms with Crippen molar-refractivity contribution in [2.45, 2.75) is 6.04 Å². The van der Waals surface area contributed by atoms with Crippen LogP contribution in [0, 0.1) is 0 Å². The summed E-state index contributed by atoms with van der Waals surface area (Å²) in [4.78, 5) is 23.0. The third-order valence-corrected chi connectivity index (χ3v) is 3.15. The number of rotatable bonds is 7. The van der Waals surface area contributed by atoms with Crippen molar-refractivity contribution in [3.63, 3.8) is 0 Å². The van der Waals surface area contributed by atoms with E-state index in [1.807, 2.05) is 0 Å². The van der Waals surface area contributed by atoms with Gasteiger partial charge in [-0.1, -0.05) is 17.7 Å². The number of thiophene rings is 1. The van der Waals surface area contributed by atoms with Gasteiger partial charge in [0.15, 0.2) is 6.04 Å². The quantitative estimate of drug-likeness (QED) is 0.593. The predicted molar refractivity (Wildman–Crippen MR) is 69.2 cm³/mol. The molecule has 1 aromatic heterocycles. The normalized spacial score (nSPS) is 11.8. The van der Waals surface area contributed by atoms with Crippen LogP contribution >= 0.6 is 22.9 Å². The van der Waals surface area contributed by atoms with Crippen molar-refractivity contribution < 1.29 is 19.4 Å². The Labute approximate surface area is 113 Å². The second-order valence-electron chi connectivity index (χ2n) is 3.29. The number of ether oxygens (including phenoxy) is 1. The first-order valence-corrected chi connectivity index (χ1v) is 6.21. The van der Waals surface area contributed by atoms with Crippen LogP contribution < -0.4 is 5.32 Å². The highest BCUT2D eigenvalue weighted by molar-refractivity contribution is 7.18. The van der Waals surface area contributed by atoms with E-state index in [1.54, 1.807) is 6.07 Å². The molecule has 2 N–H and O–H groups in total. The van der Waals surface area contributed by atoms with Crippen molar-refractivity contribution in [1.82, 2.24) is 5.32 Å². The second kappa shape index (κ2) is 7.15. The van der Waals surface area contributed by atoms with Crippen molar-refractivity contribution in [1.29, 1.82) is 0 Å². The van der Waals surface area contributed by atoms with Gasteiger partial charge in [0.1, 0.15) is 0 Å². The summed E-state index contributed by atoms with van der Waals surface area (Å²) in [5.74, 6) is -1.64. The largest absolute Gasteiger partial charge is 0.480 e. The van der Waals surface area contributed by atoms with Crippen LogP contribution in [0.1, 0.15) is 9.67 Å². The van der Waals surface area contributed by atoms with Crippen molar-refractivity contribution in [2.24, 2.45) is 0 Å². The van der Waals surface area contributed by atoms with Gasteiger partial charge in [-0.15, -0.1) is 17.9 Å². The minimum absolute atomic E-state index is 0.119. The highest BCUT2D eigenvalue weighted by Gasteiger charge is 2.21. The minimum atomic E-state index is -1.16. The molecule has 0 saturated carbocycles. The zero-order valence-corrected chi connectivity index (χ0v) is 11.0. The molecular weight excluding hydrogens is 278 g/mol. The van der Waals surface area contributed by atoms with E-state index in [4.69, 9.17) is 21.4 Å². The highest BCUT2D eigenvalue weighted by atomic mass is 35.5. The number of hydrogen-bond acceptors (Lipinski definition) is 4. The maximum absolute atomic E-state index is 11.7. The molecule has 1 rings (SSSR count). The van der Waals surface area contributed by atoms with Gasteiger partial charge in [0, 0.05) is 0 Å². The van der Waals surface area contributed by atoms with E-state index in [9.17, 15) is 9.59 Å². The van der Waals surface area contributed by atoms with Crippen LogP contribution in [0.4, 0.5) is 0 Å². The summed E-state index contributed by atoms with van der Waals surface area (Å²) in [6, 6.07) is 2.01. The molecule has 5 nitrogen and oxygen atoms in total. The molecule has 0 aliphatic carbocycles. The first kappa shape index (κ1) is 14.7. The standard InChI is InChI=1S/C11H12ClNO4S/c1-2-5-17-6-7(11(15)16)13-10(14)8-3-4-9(12)18-8/h2-4,7H,1,5-6H2,(H,13,14)(H,15,16). The smallest absolute Gasteiger partial charge is 0.328 e. The van der Waals surface area contributed by atoms with Gasteiger partial charge in [-0.05, 0) is 12.1 Å². The molecule has 0 aromatic carbocycles. The van der Waals surface area contributed by atoms with Crippen LogP contribution in [-0.4, -0.2) is 36.2 Å². The first-order valence-electron chi connectivity index (χ1n) is 5.02. The number of hydrogen-bond donors (Lipinski definition) is 2. The molecule has 98 valence electrons. The Kier molecular flexibility index (Phi) is 5.84. The number of amides is 1. The Morgan fingerprint density at radius 3 is 2.83 bits per heavy atom. The zero-order chi connectivity index (χ0) is 13.5. The maximum atomic E-state index is 11.7. The third-order valence-electron chi connectivity index (χ3n) is 1.92. The summed E-state index contributed by atoms with van der Waals surface area (Å²) in [6.45, 7) is 3.55. The lowest BCUT2D eigenvalue weighted by molar-refractivity contribution is -0.140. The van der Waals surface area contributed by atoms with Crippen molar-refractivity contribution in [2.75, 3.05) is 13.2 Å². The van der Waals surface area contributed by atoms with Gasteiger partial charge >= 0.3 is 5.97 Å². The summed E-state index contributed by atoms with van der Waals surface area (Å²) in [7, 11) is 0. The molecule has 0 bridgehead atoms. The summed E-state index contributed by atoms with van der Waals surface area (Å²) < 4.78 is 5.48. The van der Waals surface area contributed by atoms with Crippen LogP contribution in [0.5, 0.6) is 0 Å². The molecule has 0 radical (unpaired) electrons. The SMILES string of the molecule is C=CCOCC(NC(=O)c1ccc(Cl)s1)C(=O)O. The number of carboxylic acids is 1. The van der Waals surface area contributed by atoms with Gasteiger partial charge in [-0.2, -0.15) is 0 Å². The molecule has 7 heteroatoms. The number of aliphatic carboxylic acids is 1. The summed E-state index contributed by atoms with van der Waals surface area (Å²) in [5.41, 5.74) is 0. The fourth-order valence-corrected chi connectivity index (χ4v) is 2.06. The molecule has 1 heterocycles. The molecule has 0 saturated heterocycles. The molecule has 1 aromatic rings. The Hall–Kier alpha value is -1.37. The van der Waals surface area contributed by atoms with Gasteiger partial charge in [-0.25, -0.2) is 4.79 Å². The molecule has 1 unspecified atom stereocenters. The van der Waals surface area contributed by atoms with Crippen LogP contribution in [-0.2, 0) is 9.53 Å². The number of halogens is 1. The van der Waals surface area contributed by atoms with Gasteiger partial charge in [0.05, 0.1) is 22.4 Å². The van der Waals surface area contributed by atoms with Gasteiger partial charge in [0.2, 0.25) is 0 Å². The summed E-state index contributed by atoms with van der Waals surface area (Å²) >= 11 is 6.77. The van der Waals surface area contributed by atoms with E-state index in [0.717, 1.165) is 11.3 Å². The topological polar surface area (TPSA) is 75.6 Å². The lowest BCUT2D eigenvalue weighted by atomic mass is 10.3. The predicted octanol–water partition coefficient (Wildman–Crippen LogP) is 1.79. The third kappa shape index (κ3) is 4.48. The van der Waals surface area contributed by atoms with Crippen LogP contribution in [0.3, 0.4) is 0 Å². The lowest BCUT2D eigenvalue weighted by Gasteiger charge is -2.13. The molecule has 0 spiro atoms. The monoisotopic (exact) mass is 289 g/mol. The summed E-state index contributed by atoms with van der Waals surface area (Å²) in [6.07, 6.45) is 1.50. The fraction of sp³-hybridized carbons (Fsp3) is 0.273. The van der Waals surface area contributed by atoms with Gasteiger partial charge in [0.25, 0.3) is 5.91 Å². The van der Waals surface area contributed by atoms with E-state index in [-0.39, 0.29) is 13.2 Å². The molecule has 0 aliphatic heterocycles. The minimum Gasteiger partial charge on any atom is -0.480 e. The Bertz CT molecular complexity index is 446. The van der Waals surface area contributed by atoms with Crippen molar-refractivity contribution in [3.8, 4) is 0 Å². The number of carbonyl (C=O) groups excluding carboxylic acids is 1. The van der Waals surface area contributed by atoms with E-state index in [2.05, 4.69) is 11.9 Å². The van der Waals surface area contributed by atoms with Crippen LogP contribution in [0.2, 0.25) is 4.34 Å². The van der Waals surface area contributed by atoms with E-state index >= 15 is 0 Å². The average molecular weight is 290 g/mol. The maximum Gasteiger partial charge on any atom is 0.328 e. The van der Waals surface area contributed by atoms with Crippen molar-refractivity contribution >= 4 is 34.8 Å². The molecular formula is C11H12ClNO4S. The summed E-state index contributed by atoms with van der Waals surface area (Å²) in [5, 5.41) is 11.3. The number of carboxylic acid groups (broad SMARTS) is 1. The number of nitrogens with one attached hydrogen (secondary N) is 1. The van der Waals surface area contributed by atoms with Crippen LogP contribution in [0.25, 0.3) is 0 Å². The first-order chi connectivity index (χ1) is 8.54. The van der Waals surface area contributed by atoms with Crippen LogP contribution in [0.15, 0.2) is 24.8 Å². The number of carbonyl (C=O) groups is 2. The van der Waals surface area contributed by atoms with Gasteiger partial charge in [-0.3, -0.25) is 4.79 Å². The zero-order valence-electron chi connectivity index (χ0n) is 9.39. The second-order valence-corrected chi connectivity index (χ2v) is 5.01. The van der Waals surface area contributed by atoms with Gasteiger partial charge < -0.3 is 15.2 Å². The van der Waals surface area contributed by atoms with Crippen molar-refractivity contribution in [3.05, 3.63) is 34.0 Å².